The van der Waals surface area contributed by atoms with Crippen LogP contribution in [-0.2, 0) is 41.9 Å². The molecule has 0 heterocycles. The molecule has 0 aliphatic heterocycles. The Morgan fingerprint density at radius 2 is 0.737 bits per heavy atom. The summed E-state index contributed by atoms with van der Waals surface area (Å²) < 4.78 is 21.6. The number of benzene rings is 4. The van der Waals surface area contributed by atoms with Crippen LogP contribution in [0.15, 0.2) is 107 Å². The van der Waals surface area contributed by atoms with Gasteiger partial charge in [0.25, 0.3) is 0 Å². The number of ether oxygens (including phenoxy) is 4. The summed E-state index contributed by atoms with van der Waals surface area (Å²) >= 11 is 0. The van der Waals surface area contributed by atoms with Crippen LogP contribution < -0.4 is 32.4 Å². The lowest BCUT2D eigenvalue weighted by Crippen LogP contribution is -2.47. The van der Waals surface area contributed by atoms with Gasteiger partial charge >= 0.3 is 48.0 Å². The number of esters is 2. The highest BCUT2D eigenvalue weighted by atomic mass is 16.6. The summed E-state index contributed by atoms with van der Waals surface area (Å²) in [5.41, 5.74) is 23.8. The molecule has 0 bridgehead atoms. The topological polar surface area (TPSA) is 390 Å². The van der Waals surface area contributed by atoms with Gasteiger partial charge in [-0.2, -0.15) is 0 Å². The second-order valence-electron chi connectivity index (χ2n) is 17.2. The van der Waals surface area contributed by atoms with Gasteiger partial charge in [-0.15, -0.1) is 0 Å². The Balaban J connectivity index is 1.17. The Morgan fingerprint density at radius 3 is 1.01 bits per heavy atom. The van der Waals surface area contributed by atoms with Crippen LogP contribution in [0.1, 0.15) is 109 Å². The van der Waals surface area contributed by atoms with Crippen LogP contribution in [0.5, 0.6) is 11.5 Å². The van der Waals surface area contributed by atoms with Gasteiger partial charge in [-0.05, 0) is 96.8 Å². The summed E-state index contributed by atoms with van der Waals surface area (Å²) in [6.45, 7) is -0.705. The zero-order chi connectivity index (χ0) is 55.6. The van der Waals surface area contributed by atoms with E-state index in [9.17, 15) is 58.8 Å². The maximum absolute atomic E-state index is 13.2. The predicted octanol–water partition coefficient (Wildman–Crippen LogP) is 6.27. The van der Waals surface area contributed by atoms with Gasteiger partial charge in [-0.25, -0.2) is 38.8 Å². The van der Waals surface area contributed by atoms with E-state index < -0.39 is 72.9 Å². The smallest absolute Gasteiger partial charge is 0.410 e. The number of nitrogens with two attached hydrogens (primary N) is 4. The molecule has 24 nitrogen and oxygen atoms in total. The van der Waals surface area contributed by atoms with Gasteiger partial charge in [0.2, 0.25) is 0 Å². The number of aliphatic carboxylic acids is 4. The van der Waals surface area contributed by atoms with Crippen molar-refractivity contribution in [3.8, 4) is 11.5 Å². The molecule has 2 unspecified atom stereocenters. The number of carbonyl (C=O) groups is 8. The second kappa shape index (κ2) is 30.7. The first-order valence-electron chi connectivity index (χ1n) is 24.1. The van der Waals surface area contributed by atoms with Crippen molar-refractivity contribution in [2.75, 3.05) is 13.1 Å². The van der Waals surface area contributed by atoms with Crippen molar-refractivity contribution in [3.05, 3.63) is 119 Å². The minimum absolute atomic E-state index is 0.0713. The maximum atomic E-state index is 13.2. The molecule has 406 valence electrons. The van der Waals surface area contributed by atoms with E-state index in [0.29, 0.717) is 48.2 Å². The van der Waals surface area contributed by atoms with Gasteiger partial charge in [-0.3, -0.25) is 19.4 Å². The lowest BCUT2D eigenvalue weighted by atomic mass is 10.1. The molecule has 0 aromatic heterocycles. The largest absolute Gasteiger partial charge is 0.481 e. The van der Waals surface area contributed by atoms with E-state index in [1.165, 1.54) is 72.8 Å². The number of hydrogen-bond donors (Lipinski definition) is 8. The molecule has 0 radical (unpaired) electrons. The first-order valence-corrected chi connectivity index (χ1v) is 24.1. The van der Waals surface area contributed by atoms with Crippen molar-refractivity contribution in [1.82, 2.24) is 9.80 Å². The molecule has 0 aliphatic rings. The molecule has 4 aromatic rings. The third kappa shape index (κ3) is 21.1. The van der Waals surface area contributed by atoms with Crippen LogP contribution in [0.2, 0.25) is 0 Å². The normalized spacial score (nSPS) is 11.4. The summed E-state index contributed by atoms with van der Waals surface area (Å²) in [7, 11) is 0. The summed E-state index contributed by atoms with van der Waals surface area (Å²) in [5.74, 6) is -6.99. The van der Waals surface area contributed by atoms with Gasteiger partial charge < -0.3 is 62.3 Å². The van der Waals surface area contributed by atoms with Crippen molar-refractivity contribution in [2.24, 2.45) is 32.9 Å². The van der Waals surface area contributed by atoms with E-state index in [-0.39, 0.29) is 60.8 Å². The van der Waals surface area contributed by atoms with E-state index in [1.54, 1.807) is 24.3 Å². The van der Waals surface area contributed by atoms with Crippen LogP contribution in [0, 0.1) is 0 Å². The Morgan fingerprint density at radius 1 is 0.434 bits per heavy atom. The molecule has 76 heavy (non-hydrogen) atoms. The predicted molar refractivity (Wildman–Crippen MR) is 274 cm³/mol. The molecule has 0 aliphatic carbocycles. The van der Waals surface area contributed by atoms with Crippen LogP contribution in [0.25, 0.3) is 0 Å². The minimum atomic E-state index is -1.67. The van der Waals surface area contributed by atoms with Crippen molar-refractivity contribution >= 4 is 71.3 Å². The lowest BCUT2D eigenvalue weighted by molar-refractivity contribution is -0.149. The molecule has 2 amide bonds. The van der Waals surface area contributed by atoms with E-state index in [0.717, 1.165) is 48.3 Å². The van der Waals surface area contributed by atoms with E-state index >= 15 is 0 Å². The molecule has 0 spiro atoms. The number of carboxylic acids is 4. The Labute approximate surface area is 436 Å². The summed E-state index contributed by atoms with van der Waals surface area (Å²) in [6, 6.07) is 20.8. The summed E-state index contributed by atoms with van der Waals surface area (Å²) in [5, 5.41) is 38.5. The van der Waals surface area contributed by atoms with Crippen molar-refractivity contribution in [3.63, 3.8) is 0 Å². The van der Waals surface area contributed by atoms with Crippen LogP contribution >= 0.6 is 0 Å². The molecule has 2 atom stereocenters. The van der Waals surface area contributed by atoms with Crippen LogP contribution in [0.3, 0.4) is 0 Å². The van der Waals surface area contributed by atoms with Gasteiger partial charge in [0.15, 0.2) is 11.9 Å². The SMILES string of the molecule is NC(N)=Nc1ccc(C(=O)Oc2ccc(COC(=O)N(CCCCCCCCCCCCN(C(=O)OCc3ccc(OC(=O)c4ccc(N=C(N)N)cc4)cc3)C(CC(=O)O)C(=O)O)C(CC(=O)O)C(=O)O)cc2)cc1. The summed E-state index contributed by atoms with van der Waals surface area (Å²) in [6.07, 6.45) is 3.09. The molecule has 4 rings (SSSR count). The Kier molecular flexibility index (Phi) is 24.0. The van der Waals surface area contributed by atoms with Gasteiger partial charge in [0.1, 0.15) is 36.8 Å². The molecular weight excluding hydrogens is 993 g/mol. The average molecular weight is 1060 g/mol. The minimum Gasteiger partial charge on any atom is -0.481 e. The quantitative estimate of drug-likeness (QED) is 0.00904. The zero-order valence-corrected chi connectivity index (χ0v) is 41.5. The monoisotopic (exact) mass is 1050 g/mol. The molecule has 0 saturated heterocycles. The number of nitrogens with zero attached hydrogens (tertiary/aromatic N) is 4. The van der Waals surface area contributed by atoms with Crippen molar-refractivity contribution in [2.45, 2.75) is 102 Å². The fraction of sp³-hybridized carbons (Fsp3) is 0.346. The van der Waals surface area contributed by atoms with Crippen LogP contribution in [-0.4, -0.2) is 115 Å². The van der Waals surface area contributed by atoms with Crippen molar-refractivity contribution < 1.29 is 77.7 Å². The fourth-order valence-electron chi connectivity index (χ4n) is 7.46. The van der Waals surface area contributed by atoms with Gasteiger partial charge in [0, 0.05) is 13.1 Å². The van der Waals surface area contributed by atoms with E-state index in [1.807, 2.05) is 0 Å². The maximum Gasteiger partial charge on any atom is 0.410 e. The average Bonchev–Trinajstić information content (AvgIpc) is 3.37. The van der Waals surface area contributed by atoms with Crippen molar-refractivity contribution in [1.29, 1.82) is 0 Å². The third-order valence-corrected chi connectivity index (χ3v) is 11.3. The number of aliphatic imine (C=N–C) groups is 2. The highest BCUT2D eigenvalue weighted by molar-refractivity contribution is 5.92. The number of hydrogen-bond acceptors (Lipinski definition) is 14. The van der Waals surface area contributed by atoms with E-state index in [4.69, 9.17) is 41.9 Å². The van der Waals surface area contributed by atoms with Crippen LogP contribution in [0.4, 0.5) is 21.0 Å². The Hall–Kier alpha value is -9.22. The number of guanidine groups is 2. The number of unbranched alkanes of at least 4 members (excludes halogenated alkanes) is 9. The first-order chi connectivity index (χ1) is 36.3. The number of rotatable bonds is 31. The third-order valence-electron chi connectivity index (χ3n) is 11.3. The number of carboxylic acid groups (broad SMARTS) is 4. The molecule has 0 saturated carbocycles. The molecular formula is C52H62N8O16. The number of amides is 2. The standard InChI is InChI=1S/C52H62N8O16/c53-49(54)57-37-19-15-35(16-20-37)47(69)75-39-23-11-33(12-24-39)31-73-51(71)59(41(45(65)66)29-43(61)62)27-9-7-5-3-1-2-4-6-8-10-28-60(42(46(67)68)30-44(63)64)52(72)74-32-34-13-25-40(26-14-34)76-48(70)36-17-21-38(22-18-36)58-50(55)56/h11-26,41-42H,1-10,27-32H2,(H,61,62)(H,63,64)(H,65,66)(H,67,68)(H4,53,54,57)(H4,55,56,58). The fourth-order valence-corrected chi connectivity index (χ4v) is 7.46. The highest BCUT2D eigenvalue weighted by Gasteiger charge is 2.34. The van der Waals surface area contributed by atoms with Gasteiger partial charge in [-0.1, -0.05) is 75.6 Å². The lowest BCUT2D eigenvalue weighted by Gasteiger charge is -2.27. The highest BCUT2D eigenvalue weighted by Crippen LogP contribution is 2.22. The number of carbonyl (C=O) groups excluding carboxylic acids is 4. The molecule has 24 heteroatoms. The second-order valence-corrected chi connectivity index (χ2v) is 17.2. The summed E-state index contributed by atoms with van der Waals surface area (Å²) in [4.78, 5) is 109. The first kappa shape index (κ1) is 59.3. The van der Waals surface area contributed by atoms with E-state index in [2.05, 4.69) is 9.98 Å². The molecule has 12 N–H and O–H groups in total. The van der Waals surface area contributed by atoms with Gasteiger partial charge in [0.05, 0.1) is 35.3 Å². The molecule has 0 fully saturated rings. The molecule has 4 aromatic carbocycles. The zero-order valence-electron chi connectivity index (χ0n) is 41.5. The Bertz CT molecular complexity index is 2470.